The summed E-state index contributed by atoms with van der Waals surface area (Å²) in [7, 11) is 0. The van der Waals surface area contributed by atoms with E-state index in [2.05, 4.69) is 61.9 Å². The Hall–Kier alpha value is -4.14. The van der Waals surface area contributed by atoms with Gasteiger partial charge in [0.1, 0.15) is 6.04 Å². The Balaban J connectivity index is 1.12. The maximum Gasteiger partial charge on any atom is 0.255 e. The molecule has 0 aliphatic carbocycles. The summed E-state index contributed by atoms with van der Waals surface area (Å²) in [5.74, 6) is 0.229. The Bertz CT molecular complexity index is 2000. The van der Waals surface area contributed by atoms with Crippen molar-refractivity contribution in [2.45, 2.75) is 129 Å². The topological polar surface area (TPSA) is 98.8 Å². The van der Waals surface area contributed by atoms with Gasteiger partial charge in [-0.3, -0.25) is 19.2 Å². The zero-order valence-corrected chi connectivity index (χ0v) is 36.3. The highest BCUT2D eigenvalue weighted by Crippen LogP contribution is 2.53. The Labute approximate surface area is 355 Å². The summed E-state index contributed by atoms with van der Waals surface area (Å²) >= 11 is 13.0. The van der Waals surface area contributed by atoms with Crippen molar-refractivity contribution in [1.82, 2.24) is 20.4 Å². The summed E-state index contributed by atoms with van der Waals surface area (Å²) < 4.78 is 0. The first-order chi connectivity index (χ1) is 27.7. The first kappa shape index (κ1) is 43.4. The lowest BCUT2D eigenvalue weighted by Crippen LogP contribution is -2.57. The van der Waals surface area contributed by atoms with Crippen LogP contribution in [0.25, 0.3) is 0 Å². The number of nitrogens with zero attached hydrogens (tertiary/aromatic N) is 2. The van der Waals surface area contributed by atoms with Crippen LogP contribution in [-0.4, -0.2) is 52.1 Å². The molecule has 3 heterocycles. The van der Waals surface area contributed by atoms with Crippen LogP contribution in [-0.2, 0) is 27.3 Å². The quantitative estimate of drug-likeness (QED) is 0.141. The minimum atomic E-state index is -0.934. The Kier molecular flexibility index (Phi) is 14.1. The molecule has 3 aromatic carbocycles. The molecule has 6 rings (SSSR count). The van der Waals surface area contributed by atoms with Crippen LogP contribution >= 0.6 is 23.2 Å². The van der Waals surface area contributed by atoms with Gasteiger partial charge >= 0.3 is 0 Å². The molecule has 3 aromatic rings. The van der Waals surface area contributed by atoms with Crippen molar-refractivity contribution >= 4 is 46.8 Å². The molecule has 0 bridgehead atoms. The Morgan fingerprint density at radius 2 is 1.67 bits per heavy atom. The minimum Gasteiger partial charge on any atom is -0.356 e. The summed E-state index contributed by atoms with van der Waals surface area (Å²) in [6.07, 6.45) is 7.09. The number of carbonyl (C=O) groups excluding carboxylic acids is 4. The van der Waals surface area contributed by atoms with Gasteiger partial charge in [-0.15, -0.1) is 0 Å². The molecule has 4 amide bonds. The highest BCUT2D eigenvalue weighted by atomic mass is 35.5. The number of rotatable bonds is 16. The Morgan fingerprint density at radius 3 is 2.36 bits per heavy atom. The third-order valence-corrected chi connectivity index (χ3v) is 13.0. The van der Waals surface area contributed by atoms with E-state index >= 15 is 4.79 Å². The molecule has 5 atom stereocenters. The molecule has 310 valence electrons. The van der Waals surface area contributed by atoms with E-state index in [1.165, 1.54) is 0 Å². The van der Waals surface area contributed by atoms with Crippen molar-refractivity contribution in [1.29, 1.82) is 0 Å². The molecular weight excluding hydrogens is 767 g/mol. The summed E-state index contributed by atoms with van der Waals surface area (Å²) in [5, 5.41) is 7.24. The van der Waals surface area contributed by atoms with Crippen LogP contribution in [0.2, 0.25) is 10.0 Å². The van der Waals surface area contributed by atoms with Gasteiger partial charge in [0.15, 0.2) is 0 Å². The number of carbonyl (C=O) groups is 4. The number of aryl methyl sites for hydroxylation is 1. The smallest absolute Gasteiger partial charge is 0.255 e. The zero-order valence-electron chi connectivity index (χ0n) is 34.8. The molecule has 2 N–H and O–H groups in total. The number of amides is 4. The molecule has 0 radical (unpaired) electrons. The predicted octanol–water partition coefficient (Wildman–Crippen LogP) is 10.2. The molecule has 3 aliphatic rings. The fraction of sp³-hybridized carbons (Fsp3) is 0.500. The predicted molar refractivity (Wildman–Crippen MR) is 232 cm³/mol. The number of allylic oxidation sites excluding steroid dienone is 1. The summed E-state index contributed by atoms with van der Waals surface area (Å²) in [6.45, 7) is 15.6. The average Bonchev–Trinajstić information content (AvgIpc) is 3.51. The molecule has 58 heavy (non-hydrogen) atoms. The van der Waals surface area contributed by atoms with Crippen molar-refractivity contribution < 1.29 is 19.2 Å². The van der Waals surface area contributed by atoms with Crippen LogP contribution in [0, 0.1) is 17.3 Å². The van der Waals surface area contributed by atoms with E-state index in [0.717, 1.165) is 60.8 Å². The molecule has 2 fully saturated rings. The highest BCUT2D eigenvalue weighted by Gasteiger charge is 2.52. The number of piperidine rings is 2. The lowest BCUT2D eigenvalue weighted by molar-refractivity contribution is -0.159. The van der Waals surface area contributed by atoms with Crippen LogP contribution in [0.4, 0.5) is 0 Å². The number of hydrogen-bond acceptors (Lipinski definition) is 4. The minimum absolute atomic E-state index is 0.0188. The van der Waals surface area contributed by atoms with Gasteiger partial charge in [0.25, 0.3) is 5.91 Å². The van der Waals surface area contributed by atoms with Gasteiger partial charge in [-0.25, -0.2) is 0 Å². The SMILES string of the molecule is C=C1CCC(N2Cc3c(CCCCCNC(=O)C[C@@]4(C)C[C@H](c5cccc(Cl)c5)[C@@H](c5ccc(Cl)cc5)N([C@H](CCC(C)C)C(C)C)C4=O)cccc3C2=O)C(=O)N1. The molecule has 1 unspecified atom stereocenters. The molecule has 0 saturated carbocycles. The highest BCUT2D eigenvalue weighted by molar-refractivity contribution is 6.30. The number of benzene rings is 3. The van der Waals surface area contributed by atoms with Crippen molar-refractivity contribution in [2.24, 2.45) is 17.3 Å². The van der Waals surface area contributed by atoms with E-state index in [-0.39, 0.29) is 54.0 Å². The van der Waals surface area contributed by atoms with Gasteiger partial charge in [-0.2, -0.15) is 0 Å². The molecule has 0 aromatic heterocycles. The van der Waals surface area contributed by atoms with E-state index in [9.17, 15) is 14.4 Å². The number of hydrogen-bond donors (Lipinski definition) is 2. The maximum absolute atomic E-state index is 15.1. The second kappa shape index (κ2) is 18.8. The lowest BCUT2D eigenvalue weighted by atomic mass is 9.66. The molecule has 8 nitrogen and oxygen atoms in total. The number of likely N-dealkylation sites (tertiary alicyclic amines) is 1. The first-order valence-electron chi connectivity index (χ1n) is 21.2. The van der Waals surface area contributed by atoms with Gasteiger partial charge in [-0.1, -0.05) is 107 Å². The largest absolute Gasteiger partial charge is 0.356 e. The van der Waals surface area contributed by atoms with Crippen LogP contribution in [0.5, 0.6) is 0 Å². The second-order valence-corrected chi connectivity index (χ2v) is 18.7. The van der Waals surface area contributed by atoms with Crippen LogP contribution in [0.3, 0.4) is 0 Å². The number of nitrogens with one attached hydrogen (secondary N) is 2. The molecule has 2 saturated heterocycles. The fourth-order valence-corrected chi connectivity index (χ4v) is 9.76. The third kappa shape index (κ3) is 9.82. The van der Waals surface area contributed by atoms with E-state index in [1.54, 1.807) is 4.90 Å². The fourth-order valence-electron chi connectivity index (χ4n) is 9.43. The standard InChI is InChI=1S/C48H60Cl2N4O4/c1-30(2)17-23-41(31(3)4)54-44(34-19-21-36(49)22-20-34)39(35-14-10-15-37(50)26-35)27-48(6,47(54)58)28-43(55)51-25-9-7-8-12-33-13-11-16-38-40(33)29-53(46(38)57)42-24-18-32(5)52-45(42)56/h10-11,13-16,19-22,26,30-31,39,41-42,44H,5,7-9,12,17-18,23-25,27-29H2,1-4,6H3,(H,51,55)(H,52,56)/t39-,41-,42?,44-,48-/m1/s1. The van der Waals surface area contributed by atoms with Crippen molar-refractivity contribution in [3.05, 3.63) is 117 Å². The van der Waals surface area contributed by atoms with Crippen LogP contribution < -0.4 is 10.6 Å². The molecule has 10 heteroatoms. The average molecular weight is 828 g/mol. The van der Waals surface area contributed by atoms with E-state index in [1.807, 2.05) is 61.5 Å². The van der Waals surface area contributed by atoms with Crippen LogP contribution in [0.15, 0.2) is 79.0 Å². The van der Waals surface area contributed by atoms with Crippen molar-refractivity contribution in [2.75, 3.05) is 6.54 Å². The lowest BCUT2D eigenvalue weighted by Gasteiger charge is -2.53. The van der Waals surface area contributed by atoms with E-state index in [0.29, 0.717) is 59.6 Å². The number of halogens is 2. The van der Waals surface area contributed by atoms with Crippen LogP contribution in [0.1, 0.15) is 137 Å². The zero-order chi connectivity index (χ0) is 41.7. The van der Waals surface area contributed by atoms with Gasteiger partial charge in [0, 0.05) is 52.8 Å². The maximum atomic E-state index is 15.1. The summed E-state index contributed by atoms with van der Waals surface area (Å²) in [4.78, 5) is 58.7. The summed E-state index contributed by atoms with van der Waals surface area (Å²) in [5.41, 5.74) is 4.66. The molecular formula is C48H60Cl2N4O4. The molecule has 3 aliphatic heterocycles. The number of fused-ring (bicyclic) bond motifs is 1. The van der Waals surface area contributed by atoms with E-state index in [4.69, 9.17) is 23.2 Å². The van der Waals surface area contributed by atoms with Gasteiger partial charge < -0.3 is 20.4 Å². The van der Waals surface area contributed by atoms with Crippen molar-refractivity contribution in [3.63, 3.8) is 0 Å². The second-order valence-electron chi connectivity index (χ2n) is 17.8. The van der Waals surface area contributed by atoms with Gasteiger partial charge in [0.05, 0.1) is 11.5 Å². The number of unbranched alkanes of at least 4 members (excludes halogenated alkanes) is 2. The summed E-state index contributed by atoms with van der Waals surface area (Å²) in [6, 6.07) is 20.9. The van der Waals surface area contributed by atoms with Gasteiger partial charge in [0.2, 0.25) is 17.7 Å². The molecule has 0 spiro atoms. The first-order valence-corrected chi connectivity index (χ1v) is 21.9. The Morgan fingerprint density at radius 1 is 0.931 bits per heavy atom. The normalized spacial score (nSPS) is 22.7. The van der Waals surface area contributed by atoms with Gasteiger partial charge in [-0.05, 0) is 116 Å². The third-order valence-electron chi connectivity index (χ3n) is 12.5. The van der Waals surface area contributed by atoms with Crippen molar-refractivity contribution in [3.8, 4) is 0 Å². The monoisotopic (exact) mass is 826 g/mol. The van der Waals surface area contributed by atoms with E-state index < -0.39 is 11.5 Å².